The van der Waals surface area contributed by atoms with Gasteiger partial charge in [0.25, 0.3) is 0 Å². The quantitative estimate of drug-likeness (QED) is 0.655. The van der Waals surface area contributed by atoms with Crippen molar-refractivity contribution in [3.63, 3.8) is 0 Å². The van der Waals surface area contributed by atoms with E-state index in [-0.39, 0.29) is 6.92 Å². The van der Waals surface area contributed by atoms with Gasteiger partial charge in [-0.3, -0.25) is 0 Å². The van der Waals surface area contributed by atoms with Crippen LogP contribution in [0.2, 0.25) is 0 Å². The highest BCUT2D eigenvalue weighted by atomic mass is 32.2. The van der Waals surface area contributed by atoms with Crippen molar-refractivity contribution in [1.82, 2.24) is 0 Å². The van der Waals surface area contributed by atoms with E-state index in [1.54, 1.807) is 0 Å². The van der Waals surface area contributed by atoms with Gasteiger partial charge in [0.15, 0.2) is 9.84 Å². The summed E-state index contributed by atoms with van der Waals surface area (Å²) in [6, 6.07) is 0. The Kier molecular flexibility index (Phi) is 2.78. The highest BCUT2D eigenvalue weighted by Crippen LogP contribution is 2.34. The van der Waals surface area contributed by atoms with Crippen molar-refractivity contribution in [2.75, 3.05) is 12.0 Å². The Morgan fingerprint density at radius 1 is 1.17 bits per heavy atom. The summed E-state index contributed by atoms with van der Waals surface area (Å²) in [6.45, 7) is -0.0157. The Bertz CT molecular complexity index is 251. The Morgan fingerprint density at radius 3 is 1.58 bits per heavy atom. The lowest BCUT2D eigenvalue weighted by Crippen LogP contribution is -2.43. The first-order valence-electron chi connectivity index (χ1n) is 2.89. The average molecular weight is 208 g/mol. The molecule has 0 aliphatic carbocycles. The molecule has 74 valence electrons. The largest absolute Gasteiger partial charge is 0.323 e. The Hall–Kier alpha value is -0.330. The first-order chi connectivity index (χ1) is 4.96. The van der Waals surface area contributed by atoms with Crippen LogP contribution in [0.4, 0.5) is 17.6 Å². The minimum Gasteiger partial charge on any atom is -0.229 e. The molecule has 0 amide bonds. The molecular weight excluding hydrogens is 200 g/mol. The molecule has 0 aliphatic heterocycles. The van der Waals surface area contributed by atoms with E-state index in [1.807, 2.05) is 0 Å². The van der Waals surface area contributed by atoms with Gasteiger partial charge in [0.05, 0.1) is 0 Å². The molecule has 2 nitrogen and oxygen atoms in total. The first-order valence-corrected chi connectivity index (χ1v) is 4.95. The molecule has 0 aliphatic rings. The Morgan fingerprint density at radius 2 is 1.50 bits per heavy atom. The van der Waals surface area contributed by atoms with E-state index < -0.39 is 27.4 Å². The summed E-state index contributed by atoms with van der Waals surface area (Å²) >= 11 is 0. The molecule has 12 heavy (non-hydrogen) atoms. The smallest absolute Gasteiger partial charge is 0.229 e. The zero-order valence-corrected chi connectivity index (χ0v) is 7.26. The molecule has 0 saturated carbocycles. The maximum absolute atomic E-state index is 12.3. The predicted octanol–water partition coefficient (Wildman–Crippen LogP) is 1.32. The molecule has 0 fully saturated rings. The number of hydrogen-bond donors (Lipinski definition) is 0. The lowest BCUT2D eigenvalue weighted by atomic mass is 10.2. The maximum Gasteiger partial charge on any atom is 0.323 e. The third kappa shape index (κ3) is 3.38. The molecule has 0 bridgehead atoms. The van der Waals surface area contributed by atoms with E-state index in [0.717, 1.165) is 0 Å². The van der Waals surface area contributed by atoms with Crippen molar-refractivity contribution < 1.29 is 26.0 Å². The summed E-state index contributed by atoms with van der Waals surface area (Å²) in [4.78, 5) is 0. The molecule has 0 N–H and O–H groups in total. The molecule has 0 heterocycles. The lowest BCUT2D eigenvalue weighted by Gasteiger charge is -2.21. The van der Waals surface area contributed by atoms with Crippen LogP contribution < -0.4 is 0 Å². The fraction of sp³-hybridized carbons (Fsp3) is 1.00. The van der Waals surface area contributed by atoms with Crippen molar-refractivity contribution >= 4 is 9.84 Å². The SMILES string of the molecule is CC(F)(F)C(F)(F)CS(C)(=O)=O. The second-order valence-electron chi connectivity index (χ2n) is 2.66. The third-order valence-corrected chi connectivity index (χ3v) is 1.97. The standard InChI is InChI=1S/C5H8F4O2S/c1-4(6,7)5(8,9)3-12(2,10)11/h3H2,1-2H3. The molecule has 0 aromatic heterocycles. The van der Waals surface area contributed by atoms with Crippen LogP contribution >= 0.6 is 0 Å². The summed E-state index contributed by atoms with van der Waals surface area (Å²) in [5.41, 5.74) is 0. The van der Waals surface area contributed by atoms with Crippen LogP contribution in [-0.4, -0.2) is 32.3 Å². The van der Waals surface area contributed by atoms with Gasteiger partial charge in [0.1, 0.15) is 5.75 Å². The summed E-state index contributed by atoms with van der Waals surface area (Å²) in [7, 11) is -4.09. The van der Waals surface area contributed by atoms with E-state index in [9.17, 15) is 26.0 Å². The van der Waals surface area contributed by atoms with Crippen LogP contribution in [0.1, 0.15) is 6.92 Å². The zero-order valence-electron chi connectivity index (χ0n) is 6.44. The minimum atomic E-state index is -4.50. The first kappa shape index (κ1) is 11.7. The van der Waals surface area contributed by atoms with E-state index >= 15 is 0 Å². The van der Waals surface area contributed by atoms with Gasteiger partial charge in [-0.2, -0.15) is 8.78 Å². The van der Waals surface area contributed by atoms with Crippen molar-refractivity contribution in [1.29, 1.82) is 0 Å². The van der Waals surface area contributed by atoms with Gasteiger partial charge in [-0.05, 0) is 0 Å². The van der Waals surface area contributed by atoms with Gasteiger partial charge in [0.2, 0.25) is 0 Å². The van der Waals surface area contributed by atoms with Crippen molar-refractivity contribution in [2.45, 2.75) is 18.8 Å². The van der Waals surface area contributed by atoms with Crippen LogP contribution in [0, 0.1) is 0 Å². The summed E-state index contributed by atoms with van der Waals surface area (Å²) in [5.74, 6) is -10.6. The van der Waals surface area contributed by atoms with Gasteiger partial charge in [-0.25, -0.2) is 17.2 Å². The fourth-order valence-corrected chi connectivity index (χ4v) is 1.37. The van der Waals surface area contributed by atoms with Gasteiger partial charge in [-0.15, -0.1) is 0 Å². The van der Waals surface area contributed by atoms with Crippen molar-refractivity contribution in [3.8, 4) is 0 Å². The summed E-state index contributed by atoms with van der Waals surface area (Å²) in [6.07, 6.45) is 0.479. The minimum absolute atomic E-state index is 0.0157. The summed E-state index contributed by atoms with van der Waals surface area (Å²) < 4.78 is 69.2. The molecule has 0 spiro atoms. The molecule has 0 aromatic carbocycles. The second kappa shape index (κ2) is 2.86. The normalized spacial score (nSPS) is 14.8. The molecule has 7 heteroatoms. The van der Waals surface area contributed by atoms with E-state index in [4.69, 9.17) is 0 Å². The van der Waals surface area contributed by atoms with Gasteiger partial charge in [0, 0.05) is 13.2 Å². The van der Waals surface area contributed by atoms with Crippen molar-refractivity contribution in [3.05, 3.63) is 0 Å². The molecule has 0 unspecified atom stereocenters. The van der Waals surface area contributed by atoms with Gasteiger partial charge >= 0.3 is 11.8 Å². The van der Waals surface area contributed by atoms with Crippen LogP contribution in [-0.2, 0) is 9.84 Å². The Labute approximate surface area is 67.5 Å². The number of alkyl halides is 4. The fourth-order valence-electron chi connectivity index (χ4n) is 0.456. The number of hydrogen-bond acceptors (Lipinski definition) is 2. The number of halogens is 4. The molecule has 0 aromatic rings. The van der Waals surface area contributed by atoms with E-state index in [2.05, 4.69) is 0 Å². The summed E-state index contributed by atoms with van der Waals surface area (Å²) in [5, 5.41) is 0. The molecule has 0 radical (unpaired) electrons. The lowest BCUT2D eigenvalue weighted by molar-refractivity contribution is -0.183. The molecular formula is C5H8F4O2S. The second-order valence-corrected chi connectivity index (χ2v) is 4.80. The maximum atomic E-state index is 12.3. The van der Waals surface area contributed by atoms with Crippen LogP contribution in [0.5, 0.6) is 0 Å². The monoisotopic (exact) mass is 208 g/mol. The highest BCUT2D eigenvalue weighted by Gasteiger charge is 2.53. The highest BCUT2D eigenvalue weighted by molar-refractivity contribution is 7.90. The Balaban J connectivity index is 4.67. The zero-order chi connectivity index (χ0) is 10.2. The van der Waals surface area contributed by atoms with Gasteiger partial charge < -0.3 is 0 Å². The van der Waals surface area contributed by atoms with E-state index in [0.29, 0.717) is 6.26 Å². The third-order valence-electron chi connectivity index (χ3n) is 1.09. The molecule has 0 saturated heterocycles. The van der Waals surface area contributed by atoms with Gasteiger partial charge in [-0.1, -0.05) is 0 Å². The predicted molar refractivity (Wildman–Crippen MR) is 35.3 cm³/mol. The topological polar surface area (TPSA) is 34.1 Å². The van der Waals surface area contributed by atoms with E-state index in [1.165, 1.54) is 0 Å². The number of rotatable bonds is 3. The van der Waals surface area contributed by atoms with Crippen LogP contribution in [0.15, 0.2) is 0 Å². The average Bonchev–Trinajstić information content (AvgIpc) is 1.52. The number of sulfone groups is 1. The molecule has 0 atom stereocenters. The molecule has 0 rings (SSSR count). The van der Waals surface area contributed by atoms with Crippen LogP contribution in [0.3, 0.4) is 0 Å². The van der Waals surface area contributed by atoms with Crippen LogP contribution in [0.25, 0.3) is 0 Å². The van der Waals surface area contributed by atoms with Crippen molar-refractivity contribution in [2.24, 2.45) is 0 Å².